The fourth-order valence-electron chi connectivity index (χ4n) is 3.72. The van der Waals surface area contributed by atoms with Crippen molar-refractivity contribution < 1.29 is 0 Å². The summed E-state index contributed by atoms with van der Waals surface area (Å²) in [6.07, 6.45) is 8.09. The molecule has 5 rings (SSSR count). The maximum atomic E-state index is 4.88. The zero-order chi connectivity index (χ0) is 18.2. The van der Waals surface area contributed by atoms with Crippen molar-refractivity contribution in [2.75, 3.05) is 18.0 Å². The summed E-state index contributed by atoms with van der Waals surface area (Å²) in [4.78, 5) is 16.2. The molecule has 0 unspecified atom stereocenters. The summed E-state index contributed by atoms with van der Waals surface area (Å²) in [6, 6.07) is 14.7. The highest BCUT2D eigenvalue weighted by Crippen LogP contribution is 2.29. The molecule has 5 heteroatoms. The van der Waals surface area contributed by atoms with E-state index in [0.717, 1.165) is 47.0 Å². The maximum absolute atomic E-state index is 4.88. The lowest BCUT2D eigenvalue weighted by Crippen LogP contribution is -2.18. The van der Waals surface area contributed by atoms with Crippen molar-refractivity contribution in [3.05, 3.63) is 66.6 Å². The van der Waals surface area contributed by atoms with Gasteiger partial charge in [-0.1, -0.05) is 17.7 Å². The molecule has 1 aromatic carbocycles. The Bertz CT molecular complexity index is 1070. The minimum absolute atomic E-state index is 0.891. The molecule has 0 amide bonds. The Kier molecular flexibility index (Phi) is 3.85. The first-order valence-electron chi connectivity index (χ1n) is 9.40. The predicted octanol–water partition coefficient (Wildman–Crippen LogP) is 4.39. The summed E-state index contributed by atoms with van der Waals surface area (Å²) in [5.74, 6) is 1.94. The normalized spacial score (nSPS) is 14.2. The number of hydrogen-bond acceptors (Lipinski definition) is 4. The van der Waals surface area contributed by atoms with E-state index in [2.05, 4.69) is 57.8 Å². The summed E-state index contributed by atoms with van der Waals surface area (Å²) in [6.45, 7) is 4.29. The first-order valence-corrected chi connectivity index (χ1v) is 9.40. The van der Waals surface area contributed by atoms with E-state index in [4.69, 9.17) is 9.97 Å². The molecule has 0 bridgehead atoms. The average molecular weight is 355 g/mol. The van der Waals surface area contributed by atoms with Gasteiger partial charge in [0.25, 0.3) is 0 Å². The van der Waals surface area contributed by atoms with Crippen LogP contribution in [0.5, 0.6) is 0 Å². The largest absolute Gasteiger partial charge is 0.357 e. The summed E-state index contributed by atoms with van der Waals surface area (Å²) in [5, 5.41) is 0. The van der Waals surface area contributed by atoms with Crippen LogP contribution >= 0.6 is 0 Å². The van der Waals surface area contributed by atoms with E-state index in [1.54, 1.807) is 6.20 Å². The SMILES string of the molecule is Cc1ccc(-n2c(-c3ccc(N4CCCC4)nc3)nc3ccncc32)cc1. The highest BCUT2D eigenvalue weighted by atomic mass is 15.2. The fraction of sp³-hybridized carbons (Fsp3) is 0.227. The summed E-state index contributed by atoms with van der Waals surface area (Å²) in [7, 11) is 0. The van der Waals surface area contributed by atoms with Crippen LogP contribution < -0.4 is 4.90 Å². The van der Waals surface area contributed by atoms with Gasteiger partial charge in [0.05, 0.1) is 17.2 Å². The second-order valence-corrected chi connectivity index (χ2v) is 7.07. The Morgan fingerprint density at radius 2 is 1.70 bits per heavy atom. The molecule has 0 spiro atoms. The van der Waals surface area contributed by atoms with Gasteiger partial charge in [-0.25, -0.2) is 9.97 Å². The molecule has 134 valence electrons. The Balaban J connectivity index is 1.64. The molecule has 1 saturated heterocycles. The molecule has 0 saturated carbocycles. The fourth-order valence-corrected chi connectivity index (χ4v) is 3.72. The summed E-state index contributed by atoms with van der Waals surface area (Å²) in [5.41, 5.74) is 5.26. The van der Waals surface area contributed by atoms with E-state index in [1.807, 2.05) is 18.5 Å². The molecule has 1 fully saturated rings. The zero-order valence-electron chi connectivity index (χ0n) is 15.3. The predicted molar refractivity (Wildman–Crippen MR) is 108 cm³/mol. The Morgan fingerprint density at radius 3 is 2.44 bits per heavy atom. The second kappa shape index (κ2) is 6.50. The number of rotatable bonds is 3. The maximum Gasteiger partial charge on any atom is 0.147 e. The van der Waals surface area contributed by atoms with Crippen molar-refractivity contribution in [1.82, 2.24) is 19.5 Å². The van der Waals surface area contributed by atoms with Gasteiger partial charge in [-0.3, -0.25) is 9.55 Å². The monoisotopic (exact) mass is 355 g/mol. The first-order chi connectivity index (χ1) is 13.3. The average Bonchev–Trinajstić information content (AvgIpc) is 3.37. The highest BCUT2D eigenvalue weighted by Gasteiger charge is 2.17. The van der Waals surface area contributed by atoms with Crippen LogP contribution in [0.3, 0.4) is 0 Å². The van der Waals surface area contributed by atoms with Gasteiger partial charge in [-0.2, -0.15) is 0 Å². The minimum Gasteiger partial charge on any atom is -0.357 e. The van der Waals surface area contributed by atoms with E-state index in [-0.39, 0.29) is 0 Å². The number of aryl methyl sites for hydroxylation is 1. The van der Waals surface area contributed by atoms with Crippen molar-refractivity contribution in [2.45, 2.75) is 19.8 Å². The van der Waals surface area contributed by atoms with Crippen LogP contribution in [-0.4, -0.2) is 32.6 Å². The van der Waals surface area contributed by atoms with E-state index in [0.29, 0.717) is 0 Å². The van der Waals surface area contributed by atoms with Crippen molar-refractivity contribution in [1.29, 1.82) is 0 Å². The quantitative estimate of drug-likeness (QED) is 0.547. The molecular formula is C22H21N5. The third-order valence-corrected chi connectivity index (χ3v) is 5.19. The van der Waals surface area contributed by atoms with Gasteiger partial charge in [-0.15, -0.1) is 0 Å². The molecule has 0 N–H and O–H groups in total. The number of fused-ring (bicyclic) bond motifs is 1. The third kappa shape index (κ3) is 2.85. The molecule has 0 radical (unpaired) electrons. The standard InChI is InChI=1S/C22H21N5/c1-16-4-7-18(8-5-16)27-20-15-23-11-10-19(20)25-22(27)17-6-9-21(24-14-17)26-12-2-3-13-26/h4-11,14-15H,2-3,12-13H2,1H3. The van der Waals surface area contributed by atoms with Crippen LogP contribution in [0.4, 0.5) is 5.82 Å². The number of benzene rings is 1. The molecule has 5 nitrogen and oxygen atoms in total. The van der Waals surface area contributed by atoms with E-state index in [1.165, 1.54) is 18.4 Å². The highest BCUT2D eigenvalue weighted by molar-refractivity contribution is 5.82. The van der Waals surface area contributed by atoms with E-state index in [9.17, 15) is 0 Å². The van der Waals surface area contributed by atoms with Gasteiger partial charge >= 0.3 is 0 Å². The lowest BCUT2D eigenvalue weighted by Gasteiger charge is -2.16. The van der Waals surface area contributed by atoms with Crippen molar-refractivity contribution in [3.63, 3.8) is 0 Å². The van der Waals surface area contributed by atoms with Crippen LogP contribution in [0.2, 0.25) is 0 Å². The lowest BCUT2D eigenvalue weighted by molar-refractivity contribution is 0.937. The molecule has 1 aliphatic rings. The molecule has 1 aliphatic heterocycles. The van der Waals surface area contributed by atoms with Gasteiger partial charge in [0.2, 0.25) is 0 Å². The molecule has 27 heavy (non-hydrogen) atoms. The number of nitrogens with zero attached hydrogens (tertiary/aromatic N) is 5. The van der Waals surface area contributed by atoms with Gasteiger partial charge in [-0.05, 0) is 50.1 Å². The Hall–Kier alpha value is -3.21. The minimum atomic E-state index is 0.891. The number of anilines is 1. The Morgan fingerprint density at radius 1 is 0.889 bits per heavy atom. The topological polar surface area (TPSA) is 46.8 Å². The van der Waals surface area contributed by atoms with Crippen molar-refractivity contribution in [2.24, 2.45) is 0 Å². The summed E-state index contributed by atoms with van der Waals surface area (Å²) >= 11 is 0. The molecule has 4 heterocycles. The van der Waals surface area contributed by atoms with Crippen LogP contribution in [-0.2, 0) is 0 Å². The van der Waals surface area contributed by atoms with Gasteiger partial charge in [0.15, 0.2) is 0 Å². The van der Waals surface area contributed by atoms with E-state index < -0.39 is 0 Å². The van der Waals surface area contributed by atoms with Crippen molar-refractivity contribution in [3.8, 4) is 17.1 Å². The van der Waals surface area contributed by atoms with Crippen molar-refractivity contribution >= 4 is 16.9 Å². The Labute approximate surface area is 158 Å². The summed E-state index contributed by atoms with van der Waals surface area (Å²) < 4.78 is 2.16. The van der Waals surface area contributed by atoms with Crippen LogP contribution in [0, 0.1) is 6.92 Å². The van der Waals surface area contributed by atoms with Gasteiger partial charge in [0.1, 0.15) is 11.6 Å². The molecule has 4 aromatic rings. The first kappa shape index (κ1) is 16.0. The number of aromatic nitrogens is 4. The molecule has 3 aromatic heterocycles. The number of pyridine rings is 2. The van der Waals surface area contributed by atoms with E-state index >= 15 is 0 Å². The molecule has 0 aliphatic carbocycles. The molecular weight excluding hydrogens is 334 g/mol. The van der Waals surface area contributed by atoms with Crippen LogP contribution in [0.15, 0.2) is 61.1 Å². The van der Waals surface area contributed by atoms with Crippen LogP contribution in [0.1, 0.15) is 18.4 Å². The van der Waals surface area contributed by atoms with Gasteiger partial charge < -0.3 is 4.90 Å². The third-order valence-electron chi connectivity index (χ3n) is 5.19. The van der Waals surface area contributed by atoms with Gasteiger partial charge in [0, 0.05) is 36.7 Å². The van der Waals surface area contributed by atoms with Crippen LogP contribution in [0.25, 0.3) is 28.1 Å². The zero-order valence-corrected chi connectivity index (χ0v) is 15.3. The number of hydrogen-bond donors (Lipinski definition) is 0. The smallest absolute Gasteiger partial charge is 0.147 e. The second-order valence-electron chi connectivity index (χ2n) is 7.07. The number of imidazole rings is 1. The molecule has 0 atom stereocenters. The lowest BCUT2D eigenvalue weighted by atomic mass is 10.2.